The van der Waals surface area contributed by atoms with Crippen molar-refractivity contribution in [1.29, 1.82) is 0 Å². The molecule has 1 aromatic rings. The molecule has 1 atom stereocenters. The predicted octanol–water partition coefficient (Wildman–Crippen LogP) is 1.70. The van der Waals surface area contributed by atoms with Crippen LogP contribution in [0.3, 0.4) is 0 Å². The van der Waals surface area contributed by atoms with Crippen molar-refractivity contribution < 1.29 is 9.59 Å². The largest absolute Gasteiger partial charge is 0.354 e. The van der Waals surface area contributed by atoms with Gasteiger partial charge in [0.2, 0.25) is 11.8 Å². The lowest BCUT2D eigenvalue weighted by molar-refractivity contribution is -0.127. The lowest BCUT2D eigenvalue weighted by Crippen LogP contribution is -2.34. The van der Waals surface area contributed by atoms with Crippen molar-refractivity contribution in [2.24, 2.45) is 0 Å². The second-order valence-electron chi connectivity index (χ2n) is 6.15. The van der Waals surface area contributed by atoms with E-state index in [0.29, 0.717) is 13.0 Å². The molecule has 122 valence electrons. The van der Waals surface area contributed by atoms with Gasteiger partial charge in [-0.15, -0.1) is 0 Å². The predicted molar refractivity (Wildman–Crippen MR) is 84.5 cm³/mol. The molecular formula is C16H26N4O2. The van der Waals surface area contributed by atoms with Gasteiger partial charge in [0, 0.05) is 44.4 Å². The van der Waals surface area contributed by atoms with E-state index in [1.807, 2.05) is 22.6 Å². The topological polar surface area (TPSA) is 67.2 Å². The number of carbonyl (C=O) groups excluding carboxylic acids is 2. The number of rotatable bonds is 7. The number of carbonyl (C=O) groups is 2. The van der Waals surface area contributed by atoms with Gasteiger partial charge in [0.1, 0.15) is 11.9 Å². The first-order chi connectivity index (χ1) is 10.5. The first-order valence-electron chi connectivity index (χ1n) is 8.09. The molecule has 22 heavy (non-hydrogen) atoms. The summed E-state index contributed by atoms with van der Waals surface area (Å²) in [4.78, 5) is 29.9. The number of amides is 2. The van der Waals surface area contributed by atoms with E-state index in [2.05, 4.69) is 24.1 Å². The summed E-state index contributed by atoms with van der Waals surface area (Å²) >= 11 is 0. The van der Waals surface area contributed by atoms with Gasteiger partial charge in [-0.2, -0.15) is 0 Å². The summed E-state index contributed by atoms with van der Waals surface area (Å²) in [6, 6.07) is -0.270. The van der Waals surface area contributed by atoms with E-state index in [1.54, 1.807) is 6.20 Å². The van der Waals surface area contributed by atoms with E-state index in [4.69, 9.17) is 0 Å². The Labute approximate surface area is 131 Å². The molecule has 2 rings (SSSR count). The highest BCUT2D eigenvalue weighted by Gasteiger charge is 2.20. The zero-order valence-electron chi connectivity index (χ0n) is 13.7. The minimum absolute atomic E-state index is 0.00681. The lowest BCUT2D eigenvalue weighted by Gasteiger charge is -2.19. The molecule has 0 bridgehead atoms. The van der Waals surface area contributed by atoms with Gasteiger partial charge in [-0.25, -0.2) is 4.98 Å². The van der Waals surface area contributed by atoms with E-state index in [9.17, 15) is 9.59 Å². The van der Waals surface area contributed by atoms with Gasteiger partial charge in [0.15, 0.2) is 0 Å². The maximum atomic E-state index is 12.2. The van der Waals surface area contributed by atoms with Crippen LogP contribution in [-0.4, -0.2) is 45.9 Å². The summed E-state index contributed by atoms with van der Waals surface area (Å²) in [5, 5.41) is 2.95. The molecule has 2 amide bonds. The molecule has 0 aliphatic carbocycles. The quantitative estimate of drug-likeness (QED) is 0.780. The number of imidazole rings is 1. The summed E-state index contributed by atoms with van der Waals surface area (Å²) in [7, 11) is 0. The molecule has 0 aromatic carbocycles. The molecular weight excluding hydrogens is 280 g/mol. The molecule has 1 aliphatic rings. The summed E-state index contributed by atoms with van der Waals surface area (Å²) < 4.78 is 1.92. The fraction of sp³-hybridized carbons (Fsp3) is 0.688. The van der Waals surface area contributed by atoms with Gasteiger partial charge >= 0.3 is 0 Å². The fourth-order valence-electron chi connectivity index (χ4n) is 2.80. The Kier molecular flexibility index (Phi) is 5.57. The van der Waals surface area contributed by atoms with Gasteiger partial charge in [0.05, 0.1) is 0 Å². The number of hydrogen-bond donors (Lipinski definition) is 1. The number of aromatic nitrogens is 2. The standard InChI is InChI=1S/C16H26N4O2/c1-12(2)15-17-8-11-20(15)13(3)16(22)18-7-5-10-19-9-4-6-14(19)21/h8,11-13H,4-7,9-10H2,1-3H3,(H,18,22)/t13-/m1/s1. The normalized spacial score (nSPS) is 16.4. The highest BCUT2D eigenvalue weighted by atomic mass is 16.2. The Morgan fingerprint density at radius 2 is 2.18 bits per heavy atom. The maximum Gasteiger partial charge on any atom is 0.242 e. The Morgan fingerprint density at radius 1 is 1.41 bits per heavy atom. The van der Waals surface area contributed by atoms with Gasteiger partial charge in [-0.3, -0.25) is 9.59 Å². The Morgan fingerprint density at radius 3 is 2.82 bits per heavy atom. The van der Waals surface area contributed by atoms with E-state index >= 15 is 0 Å². The average molecular weight is 306 g/mol. The van der Waals surface area contributed by atoms with Crippen molar-refractivity contribution in [3.05, 3.63) is 18.2 Å². The van der Waals surface area contributed by atoms with Crippen LogP contribution in [-0.2, 0) is 9.59 Å². The maximum absolute atomic E-state index is 12.2. The molecule has 1 aliphatic heterocycles. The Balaban J connectivity index is 1.77. The van der Waals surface area contributed by atoms with Crippen LogP contribution in [0, 0.1) is 0 Å². The summed E-state index contributed by atoms with van der Waals surface area (Å²) in [6.45, 7) is 8.20. The minimum atomic E-state index is -0.270. The highest BCUT2D eigenvalue weighted by Crippen LogP contribution is 2.17. The minimum Gasteiger partial charge on any atom is -0.354 e. The molecule has 0 unspecified atom stereocenters. The first kappa shape index (κ1) is 16.5. The summed E-state index contributed by atoms with van der Waals surface area (Å²) in [5.41, 5.74) is 0. The summed E-state index contributed by atoms with van der Waals surface area (Å²) in [6.07, 6.45) is 6.01. The zero-order chi connectivity index (χ0) is 16.1. The zero-order valence-corrected chi connectivity index (χ0v) is 13.7. The van der Waals surface area contributed by atoms with Crippen LogP contribution in [0.4, 0.5) is 0 Å². The van der Waals surface area contributed by atoms with E-state index in [-0.39, 0.29) is 23.8 Å². The summed E-state index contributed by atoms with van der Waals surface area (Å²) in [5.74, 6) is 1.43. The molecule has 6 heteroatoms. The van der Waals surface area contributed by atoms with Crippen LogP contribution in [0.5, 0.6) is 0 Å². The van der Waals surface area contributed by atoms with Crippen LogP contribution in [0.25, 0.3) is 0 Å². The van der Waals surface area contributed by atoms with Crippen molar-refractivity contribution in [2.75, 3.05) is 19.6 Å². The molecule has 1 fully saturated rings. The van der Waals surface area contributed by atoms with Crippen molar-refractivity contribution in [2.45, 2.75) is 52.0 Å². The number of hydrogen-bond acceptors (Lipinski definition) is 3. The fourth-order valence-corrected chi connectivity index (χ4v) is 2.80. The molecule has 0 saturated carbocycles. The third-order valence-corrected chi connectivity index (χ3v) is 4.09. The van der Waals surface area contributed by atoms with Crippen molar-refractivity contribution >= 4 is 11.8 Å². The SMILES string of the molecule is CC(C)c1nccn1[C@H](C)C(=O)NCCCN1CCCC1=O. The van der Waals surface area contributed by atoms with Crippen LogP contribution >= 0.6 is 0 Å². The first-order valence-corrected chi connectivity index (χ1v) is 8.09. The van der Waals surface area contributed by atoms with E-state index < -0.39 is 0 Å². The van der Waals surface area contributed by atoms with E-state index in [1.165, 1.54) is 0 Å². The number of likely N-dealkylation sites (tertiary alicyclic amines) is 1. The molecule has 1 N–H and O–H groups in total. The number of nitrogens with one attached hydrogen (secondary N) is 1. The average Bonchev–Trinajstić information content (AvgIpc) is 3.11. The van der Waals surface area contributed by atoms with Gasteiger partial charge in [-0.05, 0) is 19.8 Å². The molecule has 0 spiro atoms. The number of nitrogens with zero attached hydrogens (tertiary/aromatic N) is 3. The Hall–Kier alpha value is -1.85. The molecule has 6 nitrogen and oxygen atoms in total. The van der Waals surface area contributed by atoms with Crippen molar-refractivity contribution in [3.63, 3.8) is 0 Å². The van der Waals surface area contributed by atoms with Gasteiger partial charge in [0.25, 0.3) is 0 Å². The monoisotopic (exact) mass is 306 g/mol. The lowest BCUT2D eigenvalue weighted by atomic mass is 10.2. The van der Waals surface area contributed by atoms with Crippen molar-refractivity contribution in [1.82, 2.24) is 19.8 Å². The van der Waals surface area contributed by atoms with Crippen LogP contribution < -0.4 is 5.32 Å². The third kappa shape index (κ3) is 3.87. The molecule has 0 radical (unpaired) electrons. The smallest absolute Gasteiger partial charge is 0.242 e. The second kappa shape index (κ2) is 7.42. The van der Waals surface area contributed by atoms with Crippen LogP contribution in [0.15, 0.2) is 12.4 Å². The molecule has 1 saturated heterocycles. The van der Waals surface area contributed by atoms with Crippen molar-refractivity contribution in [3.8, 4) is 0 Å². The molecule has 1 aromatic heterocycles. The van der Waals surface area contributed by atoms with Gasteiger partial charge in [-0.1, -0.05) is 13.8 Å². The van der Waals surface area contributed by atoms with Crippen LogP contribution in [0.1, 0.15) is 57.8 Å². The Bertz CT molecular complexity index is 524. The van der Waals surface area contributed by atoms with E-state index in [0.717, 1.165) is 31.8 Å². The molecule has 2 heterocycles. The second-order valence-corrected chi connectivity index (χ2v) is 6.15. The highest BCUT2D eigenvalue weighted by molar-refractivity contribution is 5.80. The van der Waals surface area contributed by atoms with Gasteiger partial charge < -0.3 is 14.8 Å². The van der Waals surface area contributed by atoms with Crippen LogP contribution in [0.2, 0.25) is 0 Å². The third-order valence-electron chi connectivity index (χ3n) is 4.09.